The predicted molar refractivity (Wildman–Crippen MR) is 129 cm³/mol. The maximum atomic E-state index is 13.2. The zero-order valence-electron chi connectivity index (χ0n) is 15.7. The summed E-state index contributed by atoms with van der Waals surface area (Å²) in [4.78, 5) is 30.2. The Morgan fingerprint density at radius 3 is 2.71 bits per heavy atom. The van der Waals surface area contributed by atoms with Gasteiger partial charge in [-0.25, -0.2) is 15.5 Å². The SMILES string of the molecule is C=CCN(N)C(=O)c1cc(Br)cc(Br)c1NC(=O)c1cc(Br)nn1-c1ncccc1Cl. The molecule has 0 radical (unpaired) electrons. The number of pyridine rings is 1. The number of nitrogens with zero attached hydrogens (tertiary/aromatic N) is 4. The van der Waals surface area contributed by atoms with Crippen LogP contribution in [-0.4, -0.2) is 38.1 Å². The second-order valence-electron chi connectivity index (χ2n) is 6.08. The number of rotatable bonds is 6. The largest absolute Gasteiger partial charge is 0.319 e. The molecule has 2 aromatic heterocycles. The van der Waals surface area contributed by atoms with Crippen molar-refractivity contribution in [3.8, 4) is 5.82 Å². The van der Waals surface area contributed by atoms with Gasteiger partial charge in [-0.15, -0.1) is 6.58 Å². The summed E-state index contributed by atoms with van der Waals surface area (Å²) in [7, 11) is 0. The maximum absolute atomic E-state index is 13.2. The summed E-state index contributed by atoms with van der Waals surface area (Å²) in [6.45, 7) is 3.71. The zero-order valence-corrected chi connectivity index (χ0v) is 21.2. The summed E-state index contributed by atoms with van der Waals surface area (Å²) in [5, 5.41) is 8.31. The Morgan fingerprint density at radius 1 is 1.29 bits per heavy atom. The number of halogens is 4. The van der Waals surface area contributed by atoms with Crippen molar-refractivity contribution < 1.29 is 9.59 Å². The smallest absolute Gasteiger partial charge is 0.274 e. The van der Waals surface area contributed by atoms with Crippen molar-refractivity contribution in [2.45, 2.75) is 0 Å². The third-order valence-corrected chi connectivity index (χ3v) is 5.73. The van der Waals surface area contributed by atoms with E-state index in [4.69, 9.17) is 17.4 Å². The minimum Gasteiger partial charge on any atom is -0.319 e. The van der Waals surface area contributed by atoms with Crippen LogP contribution in [0.3, 0.4) is 0 Å². The van der Waals surface area contributed by atoms with E-state index in [1.165, 1.54) is 23.0 Å². The number of nitrogens with two attached hydrogens (primary N) is 1. The monoisotopic (exact) mass is 630 g/mol. The molecule has 0 aliphatic heterocycles. The van der Waals surface area contributed by atoms with Crippen molar-refractivity contribution in [1.82, 2.24) is 19.8 Å². The number of amides is 2. The van der Waals surface area contributed by atoms with Gasteiger partial charge in [-0.2, -0.15) is 5.10 Å². The average Bonchev–Trinajstić information content (AvgIpc) is 3.11. The van der Waals surface area contributed by atoms with Crippen molar-refractivity contribution in [3.05, 3.63) is 79.0 Å². The number of hydrazine groups is 1. The lowest BCUT2D eigenvalue weighted by Gasteiger charge is -2.19. The van der Waals surface area contributed by atoms with E-state index in [9.17, 15) is 9.59 Å². The molecule has 0 saturated carbocycles. The van der Waals surface area contributed by atoms with E-state index in [-0.39, 0.29) is 29.3 Å². The Kier molecular flexibility index (Phi) is 7.65. The molecule has 0 saturated heterocycles. The van der Waals surface area contributed by atoms with Crippen LogP contribution in [0.1, 0.15) is 20.8 Å². The molecule has 12 heteroatoms. The first-order chi connectivity index (χ1) is 14.7. The number of carbonyl (C=O) groups is 2. The number of hydrogen-bond donors (Lipinski definition) is 2. The van der Waals surface area contributed by atoms with Gasteiger partial charge in [0.25, 0.3) is 11.8 Å². The lowest BCUT2D eigenvalue weighted by molar-refractivity contribution is 0.0775. The Hall–Kier alpha value is -2.05. The van der Waals surface area contributed by atoms with Crippen molar-refractivity contribution in [2.24, 2.45) is 5.84 Å². The van der Waals surface area contributed by atoms with Crippen LogP contribution in [0, 0.1) is 0 Å². The highest BCUT2D eigenvalue weighted by Crippen LogP contribution is 2.32. The van der Waals surface area contributed by atoms with Crippen molar-refractivity contribution >= 4 is 76.9 Å². The molecule has 160 valence electrons. The number of aromatic nitrogens is 3. The van der Waals surface area contributed by atoms with Gasteiger partial charge >= 0.3 is 0 Å². The van der Waals surface area contributed by atoms with Gasteiger partial charge in [-0.05, 0) is 56.1 Å². The molecule has 3 N–H and O–H groups in total. The average molecular weight is 634 g/mol. The van der Waals surface area contributed by atoms with E-state index < -0.39 is 11.8 Å². The second kappa shape index (κ2) is 10.0. The van der Waals surface area contributed by atoms with Crippen LogP contribution in [0.4, 0.5) is 5.69 Å². The molecule has 0 aliphatic carbocycles. The fourth-order valence-corrected chi connectivity index (χ4v) is 4.53. The van der Waals surface area contributed by atoms with Gasteiger partial charge in [0, 0.05) is 21.2 Å². The first kappa shape index (κ1) is 23.6. The molecule has 0 fully saturated rings. The highest BCUT2D eigenvalue weighted by Gasteiger charge is 2.24. The number of anilines is 1. The van der Waals surface area contributed by atoms with Crippen LogP contribution >= 0.6 is 59.4 Å². The van der Waals surface area contributed by atoms with Gasteiger partial charge in [0.15, 0.2) is 5.82 Å². The van der Waals surface area contributed by atoms with Crippen molar-refractivity contribution in [3.63, 3.8) is 0 Å². The molecule has 0 bridgehead atoms. The van der Waals surface area contributed by atoms with E-state index in [2.05, 4.69) is 69.8 Å². The van der Waals surface area contributed by atoms with E-state index in [1.54, 1.807) is 24.3 Å². The molecule has 0 aliphatic rings. The van der Waals surface area contributed by atoms with Gasteiger partial charge in [0.05, 0.1) is 22.8 Å². The predicted octanol–water partition coefficient (Wildman–Crippen LogP) is 4.96. The molecule has 3 aromatic rings. The molecular weight excluding hydrogens is 619 g/mol. The van der Waals surface area contributed by atoms with Crippen LogP contribution in [0.2, 0.25) is 5.02 Å². The minimum absolute atomic E-state index is 0.133. The van der Waals surface area contributed by atoms with Gasteiger partial charge in [0.2, 0.25) is 0 Å². The fraction of sp³-hybridized carbons (Fsp3) is 0.0526. The van der Waals surface area contributed by atoms with Crippen molar-refractivity contribution in [1.29, 1.82) is 0 Å². The molecule has 2 heterocycles. The Morgan fingerprint density at radius 2 is 2.03 bits per heavy atom. The fourth-order valence-electron chi connectivity index (χ4n) is 2.63. The van der Waals surface area contributed by atoms with E-state index >= 15 is 0 Å². The second-order valence-corrected chi connectivity index (χ2v) is 9.07. The maximum Gasteiger partial charge on any atom is 0.274 e. The van der Waals surface area contributed by atoms with Crippen molar-refractivity contribution in [2.75, 3.05) is 11.9 Å². The number of benzene rings is 1. The minimum atomic E-state index is -0.538. The highest BCUT2D eigenvalue weighted by atomic mass is 79.9. The molecule has 0 unspecified atom stereocenters. The molecule has 3 rings (SSSR count). The Labute approximate surface area is 207 Å². The summed E-state index contributed by atoms with van der Waals surface area (Å²) in [5.74, 6) is 5.06. The Bertz CT molecular complexity index is 1180. The molecule has 31 heavy (non-hydrogen) atoms. The van der Waals surface area contributed by atoms with Gasteiger partial charge in [0.1, 0.15) is 10.3 Å². The summed E-state index contributed by atoms with van der Waals surface area (Å²) < 4.78 is 2.82. The number of hydrogen-bond acceptors (Lipinski definition) is 5. The number of carbonyl (C=O) groups excluding carboxylic acids is 2. The Balaban J connectivity index is 2.03. The van der Waals surface area contributed by atoms with Crippen LogP contribution in [0.25, 0.3) is 5.82 Å². The highest BCUT2D eigenvalue weighted by molar-refractivity contribution is 9.11. The molecule has 8 nitrogen and oxygen atoms in total. The van der Waals surface area contributed by atoms with Crippen LogP contribution in [-0.2, 0) is 0 Å². The summed E-state index contributed by atoms with van der Waals surface area (Å²) in [5.41, 5.74) is 0.574. The molecular formula is C19H14Br3ClN6O2. The van der Waals surface area contributed by atoms with Crippen LogP contribution in [0.5, 0.6) is 0 Å². The summed E-state index contributed by atoms with van der Waals surface area (Å²) in [6.07, 6.45) is 3.03. The molecule has 2 amide bonds. The van der Waals surface area contributed by atoms with Gasteiger partial charge in [-0.1, -0.05) is 33.6 Å². The lowest BCUT2D eigenvalue weighted by atomic mass is 10.1. The van der Waals surface area contributed by atoms with Crippen LogP contribution in [0.15, 0.2) is 62.7 Å². The topological polar surface area (TPSA) is 106 Å². The van der Waals surface area contributed by atoms with Gasteiger partial charge < -0.3 is 5.32 Å². The van der Waals surface area contributed by atoms with E-state index in [0.29, 0.717) is 18.6 Å². The van der Waals surface area contributed by atoms with Crippen LogP contribution < -0.4 is 11.2 Å². The normalized spacial score (nSPS) is 10.6. The lowest BCUT2D eigenvalue weighted by Crippen LogP contribution is -2.38. The van der Waals surface area contributed by atoms with E-state index in [1.807, 2.05) is 0 Å². The molecule has 0 atom stereocenters. The molecule has 0 spiro atoms. The zero-order chi connectivity index (χ0) is 22.7. The third-order valence-electron chi connectivity index (χ3n) is 3.96. The number of nitrogens with one attached hydrogen (secondary N) is 1. The first-order valence-electron chi connectivity index (χ1n) is 8.57. The molecule has 1 aromatic carbocycles. The summed E-state index contributed by atoms with van der Waals surface area (Å²) in [6, 6.07) is 8.08. The van der Waals surface area contributed by atoms with E-state index in [0.717, 1.165) is 5.01 Å². The van der Waals surface area contributed by atoms with Gasteiger partial charge in [-0.3, -0.25) is 14.6 Å². The third kappa shape index (κ3) is 5.24. The first-order valence-corrected chi connectivity index (χ1v) is 11.3. The quantitative estimate of drug-likeness (QED) is 0.173. The standard InChI is InChI=1S/C19H14Br3ClN6O2/c1-2-6-28(24)19(31)11-7-10(20)8-12(21)16(11)26-18(30)14-9-15(22)27-29(14)17-13(23)4-3-5-25-17/h2-5,7-9H,1,6,24H2,(H,26,30). The summed E-state index contributed by atoms with van der Waals surface area (Å²) >= 11 is 16.2.